The highest BCUT2D eigenvalue weighted by atomic mass is 79.9. The molecule has 40 heavy (non-hydrogen) atoms. The first kappa shape index (κ1) is 31.2. The van der Waals surface area contributed by atoms with Crippen LogP contribution in [0.3, 0.4) is 0 Å². The number of amides is 2. The maximum Gasteiger partial charge on any atom is 0.264 e. The van der Waals surface area contributed by atoms with Crippen LogP contribution < -0.4 is 14.4 Å². The lowest BCUT2D eigenvalue weighted by atomic mass is 10.1. The van der Waals surface area contributed by atoms with Crippen LogP contribution in [0.5, 0.6) is 5.75 Å². The molecule has 0 aliphatic carbocycles. The number of ether oxygens (including phenoxy) is 1. The standard InChI is InChI=1S/C30H36BrN3O5S/c1-6-16-32-30(36)23(4)33(19-24-9-7-8-22(3)17-24)29(35)20-34(25-12-10-21(2)11-13-25)40(37,38)26-14-15-28(39-5)27(31)18-26/h7-15,17-18,23H,6,16,19-20H2,1-5H3,(H,32,36). The van der Waals surface area contributed by atoms with Gasteiger partial charge >= 0.3 is 0 Å². The van der Waals surface area contributed by atoms with Gasteiger partial charge in [0.1, 0.15) is 18.3 Å². The van der Waals surface area contributed by atoms with Gasteiger partial charge in [0, 0.05) is 13.1 Å². The number of sulfonamides is 1. The largest absolute Gasteiger partial charge is 0.496 e. The first-order chi connectivity index (χ1) is 19.0. The van der Waals surface area contributed by atoms with Crippen LogP contribution in [-0.4, -0.2) is 51.4 Å². The molecule has 3 rings (SSSR count). The van der Waals surface area contributed by atoms with E-state index in [-0.39, 0.29) is 17.3 Å². The second-order valence-corrected chi connectivity index (χ2v) is 12.3. The van der Waals surface area contributed by atoms with E-state index in [1.807, 2.05) is 45.0 Å². The van der Waals surface area contributed by atoms with E-state index in [1.165, 1.54) is 24.1 Å². The number of carbonyl (C=O) groups is 2. The van der Waals surface area contributed by atoms with Gasteiger partial charge in [0.25, 0.3) is 10.0 Å². The number of aryl methyl sites for hydroxylation is 2. The number of anilines is 1. The van der Waals surface area contributed by atoms with E-state index in [2.05, 4.69) is 21.2 Å². The average molecular weight is 631 g/mol. The summed E-state index contributed by atoms with van der Waals surface area (Å²) in [6.07, 6.45) is 0.751. The lowest BCUT2D eigenvalue weighted by Gasteiger charge is -2.32. The lowest BCUT2D eigenvalue weighted by Crippen LogP contribution is -2.51. The smallest absolute Gasteiger partial charge is 0.264 e. The highest BCUT2D eigenvalue weighted by Gasteiger charge is 2.32. The molecule has 0 heterocycles. The molecule has 0 saturated heterocycles. The van der Waals surface area contributed by atoms with Gasteiger partial charge in [0.15, 0.2) is 0 Å². The molecule has 214 valence electrons. The predicted molar refractivity (Wildman–Crippen MR) is 161 cm³/mol. The molecule has 0 spiro atoms. The fourth-order valence-electron chi connectivity index (χ4n) is 4.16. The maximum atomic E-state index is 14.0. The molecule has 10 heteroatoms. The molecule has 3 aromatic carbocycles. The number of hydrogen-bond donors (Lipinski definition) is 1. The van der Waals surface area contributed by atoms with Crippen molar-refractivity contribution in [1.82, 2.24) is 10.2 Å². The Bertz CT molecular complexity index is 1440. The summed E-state index contributed by atoms with van der Waals surface area (Å²) in [6.45, 7) is 7.59. The second kappa shape index (κ2) is 13.8. The van der Waals surface area contributed by atoms with Crippen LogP contribution in [-0.2, 0) is 26.2 Å². The first-order valence-corrected chi connectivity index (χ1v) is 15.3. The third-order valence-electron chi connectivity index (χ3n) is 6.46. The van der Waals surface area contributed by atoms with Crippen LogP contribution in [0.4, 0.5) is 5.69 Å². The van der Waals surface area contributed by atoms with Crippen LogP contribution in [0.25, 0.3) is 0 Å². The van der Waals surface area contributed by atoms with E-state index in [9.17, 15) is 18.0 Å². The van der Waals surface area contributed by atoms with Crippen molar-refractivity contribution in [3.8, 4) is 5.75 Å². The van der Waals surface area contributed by atoms with Gasteiger partial charge in [0.2, 0.25) is 11.8 Å². The molecule has 8 nitrogen and oxygen atoms in total. The number of hydrogen-bond acceptors (Lipinski definition) is 5. The summed E-state index contributed by atoms with van der Waals surface area (Å²) in [5, 5.41) is 2.85. The predicted octanol–water partition coefficient (Wildman–Crippen LogP) is 5.21. The Morgan fingerprint density at radius 1 is 1.00 bits per heavy atom. The van der Waals surface area contributed by atoms with Crippen LogP contribution in [0.15, 0.2) is 76.1 Å². The van der Waals surface area contributed by atoms with Gasteiger partial charge in [-0.3, -0.25) is 13.9 Å². The minimum atomic E-state index is -4.18. The van der Waals surface area contributed by atoms with Crippen molar-refractivity contribution in [2.75, 3.05) is 24.5 Å². The van der Waals surface area contributed by atoms with Gasteiger partial charge in [-0.15, -0.1) is 0 Å². The van der Waals surface area contributed by atoms with Crippen molar-refractivity contribution in [2.45, 2.75) is 51.6 Å². The third kappa shape index (κ3) is 7.63. The average Bonchev–Trinajstić information content (AvgIpc) is 2.93. The summed E-state index contributed by atoms with van der Waals surface area (Å²) >= 11 is 3.36. The van der Waals surface area contributed by atoms with Gasteiger partial charge in [-0.25, -0.2) is 8.42 Å². The Hall–Kier alpha value is -3.37. The number of nitrogens with zero attached hydrogens (tertiary/aromatic N) is 2. The van der Waals surface area contributed by atoms with Gasteiger partial charge in [0.05, 0.1) is 22.2 Å². The van der Waals surface area contributed by atoms with Crippen molar-refractivity contribution in [3.05, 3.63) is 87.9 Å². The zero-order valence-corrected chi connectivity index (χ0v) is 25.9. The molecule has 3 aromatic rings. The molecule has 0 bridgehead atoms. The molecule has 1 N–H and O–H groups in total. The quantitative estimate of drug-likeness (QED) is 0.297. The van der Waals surface area contributed by atoms with E-state index in [0.717, 1.165) is 27.4 Å². The third-order valence-corrected chi connectivity index (χ3v) is 8.85. The number of carbonyl (C=O) groups excluding carboxylic acids is 2. The minimum absolute atomic E-state index is 0.00692. The van der Waals surface area contributed by atoms with Crippen LogP contribution in [0.2, 0.25) is 0 Å². The zero-order valence-electron chi connectivity index (χ0n) is 23.5. The minimum Gasteiger partial charge on any atom is -0.496 e. The summed E-state index contributed by atoms with van der Waals surface area (Å²) in [7, 11) is -2.69. The SMILES string of the molecule is CCCNC(=O)C(C)N(Cc1cccc(C)c1)C(=O)CN(c1ccc(C)cc1)S(=O)(=O)c1ccc(OC)c(Br)c1. The second-order valence-electron chi connectivity index (χ2n) is 9.62. The molecule has 0 saturated carbocycles. The van der Waals surface area contributed by atoms with Crippen LogP contribution >= 0.6 is 15.9 Å². The molecule has 1 unspecified atom stereocenters. The highest BCUT2D eigenvalue weighted by molar-refractivity contribution is 9.10. The summed E-state index contributed by atoms with van der Waals surface area (Å²) in [5.74, 6) is -0.322. The summed E-state index contributed by atoms with van der Waals surface area (Å²) in [4.78, 5) is 28.3. The van der Waals surface area contributed by atoms with Crippen LogP contribution in [0, 0.1) is 13.8 Å². The van der Waals surface area contributed by atoms with E-state index < -0.39 is 28.5 Å². The monoisotopic (exact) mass is 629 g/mol. The van der Waals surface area contributed by atoms with Crippen molar-refractivity contribution in [3.63, 3.8) is 0 Å². The summed E-state index contributed by atoms with van der Waals surface area (Å²) in [5.41, 5.74) is 3.14. The lowest BCUT2D eigenvalue weighted by molar-refractivity contribution is -0.139. The first-order valence-electron chi connectivity index (χ1n) is 13.0. The molecule has 0 aliphatic rings. The van der Waals surface area contributed by atoms with Crippen LogP contribution in [0.1, 0.15) is 37.0 Å². The molecule has 2 amide bonds. The molecular weight excluding hydrogens is 594 g/mol. The topological polar surface area (TPSA) is 96.0 Å². The summed E-state index contributed by atoms with van der Waals surface area (Å²) in [6, 6.07) is 18.2. The van der Waals surface area contributed by atoms with E-state index >= 15 is 0 Å². The number of nitrogens with one attached hydrogen (secondary N) is 1. The Labute approximate surface area is 245 Å². The molecule has 0 fully saturated rings. The van der Waals surface area contributed by atoms with E-state index in [1.54, 1.807) is 37.3 Å². The number of halogens is 1. The van der Waals surface area contributed by atoms with Gasteiger partial charge < -0.3 is 15.0 Å². The molecule has 0 aliphatic heterocycles. The molecule has 0 radical (unpaired) electrons. The Morgan fingerprint density at radius 2 is 1.70 bits per heavy atom. The molecular formula is C30H36BrN3O5S. The van der Waals surface area contributed by atoms with E-state index in [0.29, 0.717) is 22.5 Å². The van der Waals surface area contributed by atoms with Gasteiger partial charge in [-0.1, -0.05) is 54.4 Å². The maximum absolute atomic E-state index is 14.0. The zero-order chi connectivity index (χ0) is 29.4. The highest BCUT2D eigenvalue weighted by Crippen LogP contribution is 2.31. The Kier molecular flexibility index (Phi) is 10.8. The fraction of sp³-hybridized carbons (Fsp3) is 0.333. The Balaban J connectivity index is 2.04. The van der Waals surface area contributed by atoms with Crippen molar-refractivity contribution < 1.29 is 22.7 Å². The van der Waals surface area contributed by atoms with E-state index in [4.69, 9.17) is 4.74 Å². The Morgan fingerprint density at radius 3 is 2.30 bits per heavy atom. The molecule has 0 aromatic heterocycles. The van der Waals surface area contributed by atoms with Gasteiger partial charge in [-0.05, 0) is 79.0 Å². The molecule has 1 atom stereocenters. The van der Waals surface area contributed by atoms with Crippen molar-refractivity contribution >= 4 is 43.5 Å². The normalized spacial score (nSPS) is 11.9. The number of benzene rings is 3. The summed E-state index contributed by atoms with van der Waals surface area (Å²) < 4.78 is 34.8. The van der Waals surface area contributed by atoms with Crippen molar-refractivity contribution in [2.24, 2.45) is 0 Å². The number of rotatable bonds is 12. The number of methoxy groups -OCH3 is 1. The van der Waals surface area contributed by atoms with Gasteiger partial charge in [-0.2, -0.15) is 0 Å². The fourth-order valence-corrected chi connectivity index (χ4v) is 6.29. The van der Waals surface area contributed by atoms with Crippen molar-refractivity contribution in [1.29, 1.82) is 0 Å².